The van der Waals surface area contributed by atoms with Gasteiger partial charge in [0.15, 0.2) is 0 Å². The van der Waals surface area contributed by atoms with Crippen molar-refractivity contribution in [1.29, 1.82) is 0 Å². The van der Waals surface area contributed by atoms with E-state index < -0.39 is 0 Å². The van der Waals surface area contributed by atoms with Crippen LogP contribution in [0.2, 0.25) is 0 Å². The predicted molar refractivity (Wildman–Crippen MR) is 53.0 cm³/mol. The molecule has 1 aromatic rings. The first-order valence-corrected chi connectivity index (χ1v) is 4.43. The summed E-state index contributed by atoms with van der Waals surface area (Å²) in [6, 6.07) is 1.72. The van der Waals surface area contributed by atoms with Gasteiger partial charge in [0.25, 0.3) is 0 Å². The van der Waals surface area contributed by atoms with Crippen LogP contribution < -0.4 is 0 Å². The molecule has 3 nitrogen and oxygen atoms in total. The highest BCUT2D eigenvalue weighted by atomic mass is 127. The number of rotatable bonds is 1. The highest BCUT2D eigenvalue weighted by Gasteiger charge is 2.09. The highest BCUT2D eigenvalue weighted by Crippen LogP contribution is 2.12. The second-order valence-corrected chi connectivity index (χ2v) is 3.46. The second-order valence-electron chi connectivity index (χ2n) is 2.30. The Labute approximate surface area is 84.3 Å². The van der Waals surface area contributed by atoms with Crippen molar-refractivity contribution in [2.45, 2.75) is 6.92 Å². The Morgan fingerprint density at radius 2 is 2.33 bits per heavy atom. The van der Waals surface area contributed by atoms with Gasteiger partial charge < -0.3 is 4.74 Å². The molecule has 0 atom stereocenters. The summed E-state index contributed by atoms with van der Waals surface area (Å²) >= 11 is 2.05. The molecule has 64 valence electrons. The van der Waals surface area contributed by atoms with Crippen LogP contribution >= 0.6 is 22.6 Å². The lowest BCUT2D eigenvalue weighted by Crippen LogP contribution is -2.04. The summed E-state index contributed by atoms with van der Waals surface area (Å²) in [5.74, 6) is -0.315. The number of ether oxygens (including phenoxy) is 1. The van der Waals surface area contributed by atoms with Crippen LogP contribution in [0.15, 0.2) is 12.3 Å². The van der Waals surface area contributed by atoms with Crippen LogP contribution in [0, 0.1) is 10.5 Å². The lowest BCUT2D eigenvalue weighted by atomic mass is 10.2. The number of halogens is 1. The summed E-state index contributed by atoms with van der Waals surface area (Å²) in [5.41, 5.74) is 1.39. The fourth-order valence-corrected chi connectivity index (χ4v) is 1.32. The highest BCUT2D eigenvalue weighted by molar-refractivity contribution is 14.1. The number of pyridine rings is 1. The van der Waals surface area contributed by atoms with Gasteiger partial charge in [-0.25, -0.2) is 4.79 Å². The van der Waals surface area contributed by atoms with Gasteiger partial charge in [-0.2, -0.15) is 0 Å². The van der Waals surface area contributed by atoms with E-state index in [-0.39, 0.29) is 5.97 Å². The number of carbonyl (C=O) groups is 1. The molecule has 0 spiro atoms. The van der Waals surface area contributed by atoms with Crippen LogP contribution in [0.1, 0.15) is 16.1 Å². The molecule has 0 aromatic carbocycles. The summed E-state index contributed by atoms with van der Waals surface area (Å²) < 4.78 is 5.41. The molecule has 0 fully saturated rings. The molecular formula is C8H8INO2. The SMILES string of the molecule is COC(=O)c1cc(C)ncc1I. The maximum Gasteiger partial charge on any atom is 0.339 e. The van der Waals surface area contributed by atoms with Gasteiger partial charge in [-0.15, -0.1) is 0 Å². The average Bonchev–Trinajstić information content (AvgIpc) is 2.08. The Kier molecular flexibility index (Phi) is 3.02. The first-order chi connectivity index (χ1) is 5.65. The van der Waals surface area contributed by atoms with Crippen molar-refractivity contribution in [3.63, 3.8) is 0 Å². The number of carbonyl (C=O) groups excluding carboxylic acids is 1. The largest absolute Gasteiger partial charge is 0.465 e. The van der Waals surface area contributed by atoms with E-state index in [2.05, 4.69) is 32.3 Å². The maximum atomic E-state index is 11.1. The molecule has 0 saturated carbocycles. The number of aromatic nitrogens is 1. The van der Waals surface area contributed by atoms with Gasteiger partial charge in [0, 0.05) is 15.5 Å². The van der Waals surface area contributed by atoms with E-state index in [4.69, 9.17) is 0 Å². The van der Waals surface area contributed by atoms with Crippen LogP contribution in [-0.2, 0) is 4.74 Å². The third-order valence-electron chi connectivity index (χ3n) is 1.40. The molecule has 12 heavy (non-hydrogen) atoms. The monoisotopic (exact) mass is 277 g/mol. The summed E-state index contributed by atoms with van der Waals surface area (Å²) in [7, 11) is 1.37. The number of esters is 1. The fraction of sp³-hybridized carbons (Fsp3) is 0.250. The molecule has 0 saturated heterocycles. The van der Waals surface area contributed by atoms with Crippen molar-refractivity contribution in [3.05, 3.63) is 27.1 Å². The fourth-order valence-electron chi connectivity index (χ4n) is 0.810. The molecule has 0 radical (unpaired) electrons. The van der Waals surface area contributed by atoms with Gasteiger partial charge in [0.1, 0.15) is 0 Å². The van der Waals surface area contributed by atoms with Crippen molar-refractivity contribution in [2.24, 2.45) is 0 Å². The standard InChI is InChI=1S/C8H8INO2/c1-5-3-6(8(11)12-2)7(9)4-10-5/h3-4H,1-2H3. The van der Waals surface area contributed by atoms with Crippen molar-refractivity contribution >= 4 is 28.6 Å². The average molecular weight is 277 g/mol. The normalized spacial score (nSPS) is 9.58. The Hall–Kier alpha value is -0.650. The molecule has 0 amide bonds. The number of aryl methyl sites for hydroxylation is 1. The minimum Gasteiger partial charge on any atom is -0.465 e. The van der Waals surface area contributed by atoms with Crippen LogP contribution in [0.3, 0.4) is 0 Å². The van der Waals surface area contributed by atoms with Gasteiger partial charge in [0.2, 0.25) is 0 Å². The molecule has 0 bridgehead atoms. The van der Waals surface area contributed by atoms with E-state index in [1.165, 1.54) is 7.11 Å². The van der Waals surface area contributed by atoms with E-state index in [9.17, 15) is 4.79 Å². The van der Waals surface area contributed by atoms with Gasteiger partial charge >= 0.3 is 5.97 Å². The topological polar surface area (TPSA) is 39.2 Å². The lowest BCUT2D eigenvalue weighted by Gasteiger charge is -2.01. The van der Waals surface area contributed by atoms with Crippen LogP contribution in [0.25, 0.3) is 0 Å². The van der Waals surface area contributed by atoms with E-state index >= 15 is 0 Å². The molecule has 1 aromatic heterocycles. The Balaban J connectivity index is 3.13. The Morgan fingerprint density at radius 1 is 1.67 bits per heavy atom. The van der Waals surface area contributed by atoms with Crippen LogP contribution in [-0.4, -0.2) is 18.1 Å². The van der Waals surface area contributed by atoms with E-state index in [0.29, 0.717) is 5.56 Å². The van der Waals surface area contributed by atoms with Crippen molar-refractivity contribution < 1.29 is 9.53 Å². The number of nitrogens with zero attached hydrogens (tertiary/aromatic N) is 1. The molecule has 1 rings (SSSR count). The zero-order valence-corrected chi connectivity index (χ0v) is 8.95. The molecule has 4 heteroatoms. The molecule has 0 aliphatic carbocycles. The first kappa shape index (κ1) is 9.44. The molecule has 0 N–H and O–H groups in total. The summed E-state index contributed by atoms with van der Waals surface area (Å²) in [6.45, 7) is 1.84. The maximum absolute atomic E-state index is 11.1. The summed E-state index contributed by atoms with van der Waals surface area (Å²) in [6.07, 6.45) is 1.65. The number of methoxy groups -OCH3 is 1. The molecule has 1 heterocycles. The van der Waals surface area contributed by atoms with Crippen molar-refractivity contribution in [2.75, 3.05) is 7.11 Å². The lowest BCUT2D eigenvalue weighted by molar-refractivity contribution is 0.0599. The Bertz CT molecular complexity index is 312. The van der Waals surface area contributed by atoms with Crippen LogP contribution in [0.4, 0.5) is 0 Å². The van der Waals surface area contributed by atoms with Crippen molar-refractivity contribution in [3.8, 4) is 0 Å². The van der Waals surface area contributed by atoms with E-state index in [1.54, 1.807) is 12.3 Å². The van der Waals surface area contributed by atoms with Crippen LogP contribution in [0.5, 0.6) is 0 Å². The van der Waals surface area contributed by atoms with Crippen molar-refractivity contribution in [1.82, 2.24) is 4.98 Å². The third kappa shape index (κ3) is 1.94. The second kappa shape index (κ2) is 3.84. The zero-order chi connectivity index (χ0) is 9.14. The minimum atomic E-state index is -0.315. The quantitative estimate of drug-likeness (QED) is 0.580. The summed E-state index contributed by atoms with van der Waals surface area (Å²) in [5, 5.41) is 0. The third-order valence-corrected chi connectivity index (χ3v) is 2.26. The number of hydrogen-bond donors (Lipinski definition) is 0. The minimum absolute atomic E-state index is 0.315. The van der Waals surface area contributed by atoms with E-state index in [1.807, 2.05) is 6.92 Å². The van der Waals surface area contributed by atoms with Gasteiger partial charge in [-0.1, -0.05) is 0 Å². The van der Waals surface area contributed by atoms with Gasteiger partial charge in [-0.05, 0) is 35.6 Å². The predicted octanol–water partition coefficient (Wildman–Crippen LogP) is 1.78. The molecule has 0 unspecified atom stereocenters. The first-order valence-electron chi connectivity index (χ1n) is 3.35. The molecule has 0 aliphatic rings. The summed E-state index contributed by atoms with van der Waals surface area (Å²) in [4.78, 5) is 15.2. The zero-order valence-electron chi connectivity index (χ0n) is 6.80. The molecular weight excluding hydrogens is 269 g/mol. The molecule has 0 aliphatic heterocycles. The Morgan fingerprint density at radius 3 is 2.92 bits per heavy atom. The van der Waals surface area contributed by atoms with Gasteiger partial charge in [-0.3, -0.25) is 4.98 Å². The number of hydrogen-bond acceptors (Lipinski definition) is 3. The smallest absolute Gasteiger partial charge is 0.339 e. The van der Waals surface area contributed by atoms with E-state index in [0.717, 1.165) is 9.26 Å². The van der Waals surface area contributed by atoms with Gasteiger partial charge in [0.05, 0.1) is 12.7 Å².